The maximum absolute atomic E-state index is 8.69. The molecule has 0 amide bonds. The average Bonchev–Trinajstić information content (AvgIpc) is 3.16. The number of halogens is 1. The third-order valence-corrected chi connectivity index (χ3v) is 3.23. The van der Waals surface area contributed by atoms with Crippen LogP contribution in [0.15, 0.2) is 17.4 Å². The Morgan fingerprint density at radius 1 is 1.71 bits per heavy atom. The molecule has 1 aliphatic carbocycles. The second kappa shape index (κ2) is 4.79. The fourth-order valence-electron chi connectivity index (χ4n) is 1.85. The highest BCUT2D eigenvalue weighted by Crippen LogP contribution is 2.35. The minimum Gasteiger partial charge on any atom is -0.409 e. The Hall–Kier alpha value is -1.49. The van der Waals surface area contributed by atoms with Crippen LogP contribution in [0.3, 0.4) is 0 Å². The molecule has 0 atom stereocenters. The zero-order valence-corrected chi connectivity index (χ0v) is 10.4. The van der Waals surface area contributed by atoms with Crippen LogP contribution < -0.4 is 10.6 Å². The third-order valence-electron chi connectivity index (χ3n) is 2.85. The summed E-state index contributed by atoms with van der Waals surface area (Å²) in [5, 5.41) is 12.1. The first-order valence-electron chi connectivity index (χ1n) is 5.58. The van der Waals surface area contributed by atoms with Crippen LogP contribution in [0, 0.1) is 0 Å². The van der Waals surface area contributed by atoms with Gasteiger partial charge in [-0.1, -0.05) is 16.8 Å². The van der Waals surface area contributed by atoms with Crippen molar-refractivity contribution in [3.8, 4) is 0 Å². The first kappa shape index (κ1) is 12.0. The normalized spacial score (nSPS) is 16.0. The van der Waals surface area contributed by atoms with Gasteiger partial charge in [-0.3, -0.25) is 0 Å². The number of anilines is 1. The van der Waals surface area contributed by atoms with E-state index in [2.05, 4.69) is 22.0 Å². The Morgan fingerprint density at radius 2 is 2.41 bits per heavy atom. The summed E-state index contributed by atoms with van der Waals surface area (Å²) in [4.78, 5) is 6.44. The van der Waals surface area contributed by atoms with Gasteiger partial charge in [0.1, 0.15) is 5.82 Å². The summed E-state index contributed by atoms with van der Waals surface area (Å²) in [5.41, 5.74) is 6.08. The van der Waals surface area contributed by atoms with Crippen molar-refractivity contribution < 1.29 is 5.21 Å². The van der Waals surface area contributed by atoms with E-state index < -0.39 is 0 Å². The van der Waals surface area contributed by atoms with E-state index >= 15 is 0 Å². The molecule has 17 heavy (non-hydrogen) atoms. The van der Waals surface area contributed by atoms with Crippen LogP contribution >= 0.6 is 11.6 Å². The van der Waals surface area contributed by atoms with E-state index in [0.717, 1.165) is 6.54 Å². The smallest absolute Gasteiger partial charge is 0.171 e. The molecule has 0 aliphatic heterocycles. The van der Waals surface area contributed by atoms with E-state index in [-0.39, 0.29) is 5.84 Å². The van der Waals surface area contributed by atoms with Crippen molar-refractivity contribution in [2.45, 2.75) is 25.8 Å². The monoisotopic (exact) mass is 254 g/mol. The molecule has 1 aliphatic rings. The lowest BCUT2D eigenvalue weighted by Crippen LogP contribution is -2.27. The van der Waals surface area contributed by atoms with Crippen molar-refractivity contribution in [2.24, 2.45) is 10.9 Å². The Balaban J connectivity index is 2.40. The Morgan fingerprint density at radius 3 is 2.94 bits per heavy atom. The zero-order chi connectivity index (χ0) is 12.4. The van der Waals surface area contributed by atoms with Crippen LogP contribution in [0.1, 0.15) is 25.3 Å². The van der Waals surface area contributed by atoms with Crippen LogP contribution in [0.4, 0.5) is 5.82 Å². The van der Waals surface area contributed by atoms with Crippen molar-refractivity contribution in [3.05, 3.63) is 22.8 Å². The number of oxime groups is 1. The number of amidine groups is 1. The van der Waals surface area contributed by atoms with Gasteiger partial charge in [0, 0.05) is 24.3 Å². The zero-order valence-electron chi connectivity index (χ0n) is 9.60. The largest absolute Gasteiger partial charge is 0.409 e. The van der Waals surface area contributed by atoms with E-state index in [1.807, 2.05) is 0 Å². The molecule has 0 aromatic carbocycles. The lowest BCUT2D eigenvalue weighted by Gasteiger charge is -2.23. The number of nitrogens with zero attached hydrogens (tertiary/aromatic N) is 3. The molecule has 3 N–H and O–H groups in total. The average molecular weight is 255 g/mol. The lowest BCUT2D eigenvalue weighted by molar-refractivity contribution is 0.318. The SMILES string of the molecule is CCN(c1nccc(/C(N)=N/O)c1Cl)C1CC1. The summed E-state index contributed by atoms with van der Waals surface area (Å²) in [7, 11) is 0. The third kappa shape index (κ3) is 2.29. The van der Waals surface area contributed by atoms with E-state index in [4.69, 9.17) is 22.5 Å². The molecule has 0 saturated heterocycles. The van der Waals surface area contributed by atoms with Crippen LogP contribution in [-0.4, -0.2) is 28.6 Å². The van der Waals surface area contributed by atoms with Crippen molar-refractivity contribution in [2.75, 3.05) is 11.4 Å². The van der Waals surface area contributed by atoms with Gasteiger partial charge in [-0.05, 0) is 25.8 Å². The van der Waals surface area contributed by atoms with E-state index in [0.29, 0.717) is 22.4 Å². The first-order valence-corrected chi connectivity index (χ1v) is 5.95. The highest BCUT2D eigenvalue weighted by Gasteiger charge is 2.30. The van der Waals surface area contributed by atoms with Gasteiger partial charge in [-0.15, -0.1) is 0 Å². The van der Waals surface area contributed by atoms with Crippen LogP contribution in [-0.2, 0) is 0 Å². The number of rotatable bonds is 4. The summed E-state index contributed by atoms with van der Waals surface area (Å²) in [6.45, 7) is 2.91. The van der Waals surface area contributed by atoms with Crippen molar-refractivity contribution in [1.82, 2.24) is 4.98 Å². The van der Waals surface area contributed by atoms with Crippen molar-refractivity contribution in [3.63, 3.8) is 0 Å². The fourth-order valence-corrected chi connectivity index (χ4v) is 2.17. The molecule has 1 saturated carbocycles. The highest BCUT2D eigenvalue weighted by molar-refractivity contribution is 6.36. The predicted molar refractivity (Wildman–Crippen MR) is 67.8 cm³/mol. The molecule has 1 heterocycles. The number of nitrogens with two attached hydrogens (primary N) is 1. The molecule has 0 radical (unpaired) electrons. The minimum absolute atomic E-state index is 0.00509. The van der Waals surface area contributed by atoms with E-state index in [1.165, 1.54) is 12.8 Å². The summed E-state index contributed by atoms with van der Waals surface area (Å²) >= 11 is 6.25. The van der Waals surface area contributed by atoms with Gasteiger partial charge < -0.3 is 15.8 Å². The van der Waals surface area contributed by atoms with Crippen LogP contribution in [0.2, 0.25) is 5.02 Å². The van der Waals surface area contributed by atoms with Gasteiger partial charge in [0.15, 0.2) is 5.84 Å². The standard InChI is InChI=1S/C11H15ClN4O/c1-2-16(7-3-4-7)11-9(12)8(5-6-14-11)10(13)15-17/h5-7,17H,2-4H2,1H3,(H2,13,15). The minimum atomic E-state index is 0.00509. The molecule has 0 spiro atoms. The molecule has 6 heteroatoms. The van der Waals surface area contributed by atoms with Gasteiger partial charge in [-0.2, -0.15) is 0 Å². The second-order valence-corrected chi connectivity index (χ2v) is 4.38. The first-order chi connectivity index (χ1) is 8.19. The maximum Gasteiger partial charge on any atom is 0.171 e. The molecule has 1 aromatic rings. The molecule has 0 bridgehead atoms. The molecular formula is C11H15ClN4O. The molecule has 1 aromatic heterocycles. The number of hydrogen-bond donors (Lipinski definition) is 2. The Bertz CT molecular complexity index is 445. The van der Waals surface area contributed by atoms with Gasteiger partial charge >= 0.3 is 0 Å². The molecule has 5 nitrogen and oxygen atoms in total. The Labute approximate surface area is 105 Å². The summed E-state index contributed by atoms with van der Waals surface area (Å²) in [5.74, 6) is 0.714. The predicted octanol–water partition coefficient (Wildman–Crippen LogP) is 1.82. The summed E-state index contributed by atoms with van der Waals surface area (Å²) in [6.07, 6.45) is 3.96. The number of hydrogen-bond acceptors (Lipinski definition) is 4. The lowest BCUT2D eigenvalue weighted by atomic mass is 10.2. The van der Waals surface area contributed by atoms with Crippen LogP contribution in [0.5, 0.6) is 0 Å². The molecule has 0 unspecified atom stereocenters. The van der Waals surface area contributed by atoms with Crippen LogP contribution in [0.25, 0.3) is 0 Å². The van der Waals surface area contributed by atoms with Gasteiger partial charge in [0.25, 0.3) is 0 Å². The summed E-state index contributed by atoms with van der Waals surface area (Å²) in [6, 6.07) is 2.16. The van der Waals surface area contributed by atoms with Gasteiger partial charge in [0.05, 0.1) is 5.02 Å². The quantitative estimate of drug-likeness (QED) is 0.372. The maximum atomic E-state index is 8.69. The topological polar surface area (TPSA) is 74.7 Å². The van der Waals surface area contributed by atoms with Gasteiger partial charge in [-0.25, -0.2) is 4.98 Å². The highest BCUT2D eigenvalue weighted by atomic mass is 35.5. The van der Waals surface area contributed by atoms with Crippen molar-refractivity contribution in [1.29, 1.82) is 0 Å². The van der Waals surface area contributed by atoms with Crippen molar-refractivity contribution >= 4 is 23.3 Å². The number of aromatic nitrogens is 1. The Kier molecular flexibility index (Phi) is 3.38. The van der Waals surface area contributed by atoms with E-state index in [1.54, 1.807) is 12.3 Å². The number of pyridine rings is 1. The molecule has 92 valence electrons. The van der Waals surface area contributed by atoms with E-state index in [9.17, 15) is 0 Å². The molecular weight excluding hydrogens is 240 g/mol. The van der Waals surface area contributed by atoms with Gasteiger partial charge in [0.2, 0.25) is 0 Å². The summed E-state index contributed by atoms with van der Waals surface area (Å²) < 4.78 is 0. The molecule has 2 rings (SSSR count). The second-order valence-electron chi connectivity index (χ2n) is 4.00. The molecule has 1 fully saturated rings. The fraction of sp³-hybridized carbons (Fsp3) is 0.455.